The van der Waals surface area contributed by atoms with Crippen molar-refractivity contribution in [3.05, 3.63) is 30.1 Å². The van der Waals surface area contributed by atoms with E-state index in [1.807, 2.05) is 12.1 Å². The summed E-state index contributed by atoms with van der Waals surface area (Å²) in [5, 5.41) is 3.40. The summed E-state index contributed by atoms with van der Waals surface area (Å²) in [6.45, 7) is 5.38. The number of hydrogen-bond acceptors (Lipinski definition) is 2. The lowest BCUT2D eigenvalue weighted by Gasteiger charge is -2.11. The Morgan fingerprint density at radius 2 is 2.06 bits per heavy atom. The number of thioether (sulfide) groups is 1. The molecule has 0 saturated heterocycles. The van der Waals surface area contributed by atoms with E-state index in [1.165, 1.54) is 18.9 Å². The molecule has 1 nitrogen and oxygen atoms in total. The minimum Gasteiger partial charge on any atom is -0.315 e. The predicted octanol–water partition coefficient (Wildman–Crippen LogP) is 4.09. The van der Waals surface area contributed by atoms with Gasteiger partial charge < -0.3 is 5.32 Å². The first-order valence-electron chi connectivity index (χ1n) is 6.34. The minimum atomic E-state index is -0.0986. The molecule has 0 spiro atoms. The first-order valence-corrected chi connectivity index (χ1v) is 7.33. The second kappa shape index (κ2) is 8.54. The summed E-state index contributed by atoms with van der Waals surface area (Å²) in [5.41, 5.74) is 0. The third-order valence-electron chi connectivity index (χ3n) is 2.68. The molecule has 1 aromatic rings. The highest BCUT2D eigenvalue weighted by Crippen LogP contribution is 2.22. The van der Waals surface area contributed by atoms with Gasteiger partial charge in [-0.15, -0.1) is 11.8 Å². The van der Waals surface area contributed by atoms with Crippen molar-refractivity contribution in [2.24, 2.45) is 0 Å². The van der Waals surface area contributed by atoms with Gasteiger partial charge in [0.05, 0.1) is 0 Å². The van der Waals surface area contributed by atoms with Crippen LogP contribution in [0.5, 0.6) is 0 Å². The summed E-state index contributed by atoms with van der Waals surface area (Å²) in [5.74, 6) is 0.901. The smallest absolute Gasteiger partial charge is 0.136 e. The SMILES string of the molecule is CCNC(C)CCCCSc1ccccc1F. The number of nitrogens with one attached hydrogen (secondary N) is 1. The van der Waals surface area contributed by atoms with Crippen LogP contribution in [0.3, 0.4) is 0 Å². The molecular weight excluding hydrogens is 233 g/mol. The molecule has 0 radical (unpaired) electrons. The number of benzene rings is 1. The third-order valence-corrected chi connectivity index (χ3v) is 3.81. The van der Waals surface area contributed by atoms with Crippen LogP contribution in [0.4, 0.5) is 4.39 Å². The van der Waals surface area contributed by atoms with Crippen molar-refractivity contribution in [2.45, 2.75) is 44.0 Å². The van der Waals surface area contributed by atoms with Crippen LogP contribution < -0.4 is 5.32 Å². The van der Waals surface area contributed by atoms with E-state index < -0.39 is 0 Å². The zero-order chi connectivity index (χ0) is 12.5. The van der Waals surface area contributed by atoms with Crippen LogP contribution in [0.1, 0.15) is 33.1 Å². The van der Waals surface area contributed by atoms with Crippen molar-refractivity contribution < 1.29 is 4.39 Å². The molecule has 0 aliphatic carbocycles. The third kappa shape index (κ3) is 6.08. The van der Waals surface area contributed by atoms with E-state index in [9.17, 15) is 4.39 Å². The lowest BCUT2D eigenvalue weighted by atomic mass is 10.1. The molecule has 1 N–H and O–H groups in total. The Kier molecular flexibility index (Phi) is 7.29. The molecule has 96 valence electrons. The number of rotatable bonds is 8. The highest BCUT2D eigenvalue weighted by atomic mass is 32.2. The maximum atomic E-state index is 13.3. The maximum absolute atomic E-state index is 13.3. The summed E-state index contributed by atoms with van der Waals surface area (Å²) in [4.78, 5) is 0.771. The fourth-order valence-electron chi connectivity index (χ4n) is 1.75. The number of unbranched alkanes of at least 4 members (excludes halogenated alkanes) is 1. The molecule has 0 saturated carbocycles. The molecule has 0 heterocycles. The molecule has 0 amide bonds. The van der Waals surface area contributed by atoms with Gasteiger partial charge in [0, 0.05) is 10.9 Å². The second-order valence-electron chi connectivity index (χ2n) is 4.23. The van der Waals surface area contributed by atoms with Crippen LogP contribution in [0.25, 0.3) is 0 Å². The van der Waals surface area contributed by atoms with E-state index in [2.05, 4.69) is 19.2 Å². The Morgan fingerprint density at radius 3 is 2.76 bits per heavy atom. The molecular formula is C14H22FNS. The minimum absolute atomic E-state index is 0.0986. The van der Waals surface area contributed by atoms with Crippen molar-refractivity contribution >= 4 is 11.8 Å². The fourth-order valence-corrected chi connectivity index (χ4v) is 2.70. The summed E-state index contributed by atoms with van der Waals surface area (Å²) in [7, 11) is 0. The lowest BCUT2D eigenvalue weighted by Crippen LogP contribution is -2.25. The lowest BCUT2D eigenvalue weighted by molar-refractivity contribution is 0.510. The van der Waals surface area contributed by atoms with Crippen molar-refractivity contribution in [1.29, 1.82) is 0 Å². The largest absolute Gasteiger partial charge is 0.315 e. The van der Waals surface area contributed by atoms with E-state index in [0.717, 1.165) is 23.6 Å². The van der Waals surface area contributed by atoms with E-state index in [0.29, 0.717) is 6.04 Å². The monoisotopic (exact) mass is 255 g/mol. The van der Waals surface area contributed by atoms with Crippen LogP contribution in [-0.2, 0) is 0 Å². The molecule has 0 aromatic heterocycles. The van der Waals surface area contributed by atoms with Gasteiger partial charge in [0.25, 0.3) is 0 Å². The second-order valence-corrected chi connectivity index (χ2v) is 5.37. The highest BCUT2D eigenvalue weighted by Gasteiger charge is 2.02. The molecule has 3 heteroatoms. The number of hydrogen-bond donors (Lipinski definition) is 1. The van der Waals surface area contributed by atoms with E-state index >= 15 is 0 Å². The molecule has 0 aliphatic rings. The summed E-state index contributed by atoms with van der Waals surface area (Å²) >= 11 is 1.62. The van der Waals surface area contributed by atoms with E-state index in [4.69, 9.17) is 0 Å². The zero-order valence-corrected chi connectivity index (χ0v) is 11.5. The average molecular weight is 255 g/mol. The van der Waals surface area contributed by atoms with Gasteiger partial charge in [0.15, 0.2) is 0 Å². The molecule has 0 bridgehead atoms. The van der Waals surface area contributed by atoms with Gasteiger partial charge >= 0.3 is 0 Å². The Balaban J connectivity index is 2.10. The summed E-state index contributed by atoms with van der Waals surface area (Å²) < 4.78 is 13.3. The van der Waals surface area contributed by atoms with Gasteiger partial charge in [0.1, 0.15) is 5.82 Å². The normalized spacial score (nSPS) is 12.6. The molecule has 1 atom stereocenters. The molecule has 0 aliphatic heterocycles. The molecule has 0 fully saturated rings. The van der Waals surface area contributed by atoms with Crippen molar-refractivity contribution in [1.82, 2.24) is 5.32 Å². The first-order chi connectivity index (χ1) is 8.24. The predicted molar refractivity (Wildman–Crippen MR) is 74.1 cm³/mol. The van der Waals surface area contributed by atoms with Crippen LogP contribution in [-0.4, -0.2) is 18.3 Å². The topological polar surface area (TPSA) is 12.0 Å². The summed E-state index contributed by atoms with van der Waals surface area (Å²) in [6.07, 6.45) is 3.55. The van der Waals surface area contributed by atoms with E-state index in [-0.39, 0.29) is 5.82 Å². The van der Waals surface area contributed by atoms with Crippen molar-refractivity contribution in [3.63, 3.8) is 0 Å². The Hall–Kier alpha value is -0.540. The van der Waals surface area contributed by atoms with Crippen molar-refractivity contribution in [2.75, 3.05) is 12.3 Å². The molecule has 17 heavy (non-hydrogen) atoms. The molecule has 1 rings (SSSR count). The summed E-state index contributed by atoms with van der Waals surface area (Å²) in [6, 6.07) is 7.59. The van der Waals surface area contributed by atoms with Gasteiger partial charge in [-0.3, -0.25) is 0 Å². The van der Waals surface area contributed by atoms with Gasteiger partial charge in [-0.05, 0) is 44.2 Å². The Morgan fingerprint density at radius 1 is 1.29 bits per heavy atom. The van der Waals surface area contributed by atoms with Crippen LogP contribution >= 0.6 is 11.8 Å². The Labute approximate surface area is 108 Å². The standard InChI is InChI=1S/C14H22FNS/c1-3-16-12(2)8-6-7-11-17-14-10-5-4-9-13(14)15/h4-5,9-10,12,16H,3,6-8,11H2,1-2H3. The van der Waals surface area contributed by atoms with Crippen LogP contribution in [0.2, 0.25) is 0 Å². The first kappa shape index (κ1) is 14.5. The van der Waals surface area contributed by atoms with Crippen molar-refractivity contribution in [3.8, 4) is 0 Å². The van der Waals surface area contributed by atoms with Crippen LogP contribution in [0, 0.1) is 5.82 Å². The zero-order valence-electron chi connectivity index (χ0n) is 10.7. The number of halogens is 1. The van der Waals surface area contributed by atoms with E-state index in [1.54, 1.807) is 17.8 Å². The molecule has 1 unspecified atom stereocenters. The molecule has 1 aromatic carbocycles. The van der Waals surface area contributed by atoms with Crippen LogP contribution in [0.15, 0.2) is 29.2 Å². The van der Waals surface area contributed by atoms with Gasteiger partial charge in [-0.2, -0.15) is 0 Å². The maximum Gasteiger partial charge on any atom is 0.136 e. The van der Waals surface area contributed by atoms with Gasteiger partial charge in [-0.25, -0.2) is 4.39 Å². The highest BCUT2D eigenvalue weighted by molar-refractivity contribution is 7.99. The van der Waals surface area contributed by atoms with Gasteiger partial charge in [-0.1, -0.05) is 25.5 Å². The Bertz CT molecular complexity index is 317. The average Bonchev–Trinajstić information content (AvgIpc) is 2.31. The van der Waals surface area contributed by atoms with Gasteiger partial charge in [0.2, 0.25) is 0 Å². The fraction of sp³-hybridized carbons (Fsp3) is 0.571. The quantitative estimate of drug-likeness (QED) is 0.555.